The fraction of sp³-hybridized carbons (Fsp3) is 0.444. The summed E-state index contributed by atoms with van der Waals surface area (Å²) in [4.78, 5) is 39.9. The van der Waals surface area contributed by atoms with Crippen molar-refractivity contribution in [1.29, 1.82) is 0 Å². The molecule has 0 amide bonds. The minimum atomic E-state index is -0.883. The number of carbonyl (C=O) groups is 3. The molecule has 130 valence electrons. The lowest BCUT2D eigenvalue weighted by atomic mass is 9.97. The minimum absolute atomic E-state index is 0.140. The maximum absolute atomic E-state index is 12.0. The molecular formula is C18H22ClNO4. The van der Waals surface area contributed by atoms with E-state index in [1.54, 1.807) is 32.0 Å². The molecule has 0 unspecified atom stereocenters. The molecule has 0 bridgehead atoms. The van der Waals surface area contributed by atoms with E-state index in [9.17, 15) is 14.4 Å². The Hall–Kier alpha value is -2.01. The Kier molecular flexibility index (Phi) is 8.33. The maximum atomic E-state index is 12.0. The lowest BCUT2D eigenvalue weighted by Gasteiger charge is -2.09. The first-order chi connectivity index (χ1) is 11.5. The second-order valence-corrected chi connectivity index (χ2v) is 5.55. The SMILES string of the molecule is CCCOC(=O)c1cccc(N=CC(C(=O)CC)C(=O)CC)c1Cl. The van der Waals surface area contributed by atoms with Gasteiger partial charge in [0.05, 0.1) is 22.9 Å². The Morgan fingerprint density at radius 2 is 1.79 bits per heavy atom. The summed E-state index contributed by atoms with van der Waals surface area (Å²) in [5.74, 6) is -1.79. The standard InChI is InChI=1S/C18H22ClNO4/c1-4-10-24-18(23)12-8-7-9-14(17(12)19)20-11-13(15(21)5-2)16(22)6-3/h7-9,11,13H,4-6,10H2,1-3H3. The van der Waals surface area contributed by atoms with Gasteiger partial charge in [-0.3, -0.25) is 14.6 Å². The molecule has 0 saturated heterocycles. The van der Waals surface area contributed by atoms with Gasteiger partial charge in [0.2, 0.25) is 0 Å². The molecular weight excluding hydrogens is 330 g/mol. The van der Waals surface area contributed by atoms with Crippen LogP contribution in [0.2, 0.25) is 5.02 Å². The third-order valence-electron chi connectivity index (χ3n) is 3.39. The number of hydrogen-bond acceptors (Lipinski definition) is 5. The van der Waals surface area contributed by atoms with Gasteiger partial charge in [0.25, 0.3) is 0 Å². The molecule has 5 nitrogen and oxygen atoms in total. The van der Waals surface area contributed by atoms with E-state index in [0.717, 1.165) is 0 Å². The zero-order valence-corrected chi connectivity index (χ0v) is 14.9. The van der Waals surface area contributed by atoms with Crippen LogP contribution in [-0.2, 0) is 14.3 Å². The molecule has 1 aromatic carbocycles. The van der Waals surface area contributed by atoms with E-state index >= 15 is 0 Å². The summed E-state index contributed by atoms with van der Waals surface area (Å²) in [7, 11) is 0. The van der Waals surface area contributed by atoms with Gasteiger partial charge in [0.15, 0.2) is 0 Å². The summed E-state index contributed by atoms with van der Waals surface area (Å²) in [5.41, 5.74) is 0.528. The number of nitrogens with zero attached hydrogens (tertiary/aromatic N) is 1. The summed E-state index contributed by atoms with van der Waals surface area (Å²) in [5, 5.41) is 0.140. The average Bonchev–Trinajstić information content (AvgIpc) is 2.60. The first kappa shape index (κ1) is 20.0. The fourth-order valence-electron chi connectivity index (χ4n) is 1.99. The van der Waals surface area contributed by atoms with E-state index < -0.39 is 11.9 Å². The molecule has 6 heteroatoms. The van der Waals surface area contributed by atoms with Gasteiger partial charge in [-0.25, -0.2) is 4.79 Å². The van der Waals surface area contributed by atoms with Crippen molar-refractivity contribution < 1.29 is 19.1 Å². The molecule has 0 heterocycles. The molecule has 0 saturated carbocycles. The lowest BCUT2D eigenvalue weighted by molar-refractivity contribution is -0.129. The van der Waals surface area contributed by atoms with E-state index in [0.29, 0.717) is 18.7 Å². The van der Waals surface area contributed by atoms with E-state index in [2.05, 4.69) is 4.99 Å². The smallest absolute Gasteiger partial charge is 0.339 e. The highest BCUT2D eigenvalue weighted by Crippen LogP contribution is 2.29. The molecule has 0 spiro atoms. The quantitative estimate of drug-likeness (QED) is 0.380. The number of esters is 1. The molecule has 24 heavy (non-hydrogen) atoms. The number of hydrogen-bond donors (Lipinski definition) is 0. The molecule has 1 rings (SSSR count). The predicted molar refractivity (Wildman–Crippen MR) is 94.3 cm³/mol. The molecule has 0 radical (unpaired) electrons. The van der Waals surface area contributed by atoms with E-state index in [1.165, 1.54) is 6.21 Å². The molecule has 0 aromatic heterocycles. The third-order valence-corrected chi connectivity index (χ3v) is 3.79. The van der Waals surface area contributed by atoms with Gasteiger partial charge in [-0.15, -0.1) is 0 Å². The highest BCUT2D eigenvalue weighted by atomic mass is 35.5. The van der Waals surface area contributed by atoms with Crippen LogP contribution >= 0.6 is 11.6 Å². The van der Waals surface area contributed by atoms with Crippen LogP contribution in [0.5, 0.6) is 0 Å². The highest BCUT2D eigenvalue weighted by Gasteiger charge is 2.22. The number of benzene rings is 1. The van der Waals surface area contributed by atoms with Gasteiger partial charge in [0, 0.05) is 19.1 Å². The van der Waals surface area contributed by atoms with Crippen molar-refractivity contribution in [2.24, 2.45) is 10.9 Å². The van der Waals surface area contributed by atoms with Crippen LogP contribution in [0.25, 0.3) is 0 Å². The second-order valence-electron chi connectivity index (χ2n) is 5.17. The van der Waals surface area contributed by atoms with Crippen LogP contribution in [0.3, 0.4) is 0 Å². The van der Waals surface area contributed by atoms with Crippen LogP contribution in [0.4, 0.5) is 5.69 Å². The number of rotatable bonds is 9. The van der Waals surface area contributed by atoms with Crippen LogP contribution in [0, 0.1) is 5.92 Å². The summed E-state index contributed by atoms with van der Waals surface area (Å²) < 4.78 is 5.07. The van der Waals surface area contributed by atoms with Crippen molar-refractivity contribution in [3.8, 4) is 0 Å². The predicted octanol–water partition coefficient (Wildman–Crippen LogP) is 4.18. The van der Waals surface area contributed by atoms with Crippen molar-refractivity contribution in [3.05, 3.63) is 28.8 Å². The molecule has 0 atom stereocenters. The minimum Gasteiger partial charge on any atom is -0.462 e. The largest absolute Gasteiger partial charge is 0.462 e. The van der Waals surface area contributed by atoms with Crippen LogP contribution in [-0.4, -0.2) is 30.4 Å². The van der Waals surface area contributed by atoms with Crippen molar-refractivity contribution in [3.63, 3.8) is 0 Å². The summed E-state index contributed by atoms with van der Waals surface area (Å²) in [6.45, 7) is 5.60. The topological polar surface area (TPSA) is 72.8 Å². The Morgan fingerprint density at radius 1 is 1.17 bits per heavy atom. The number of ether oxygens (including phenoxy) is 1. The van der Waals surface area contributed by atoms with Gasteiger partial charge in [-0.05, 0) is 18.6 Å². The fourth-order valence-corrected chi connectivity index (χ4v) is 2.24. The van der Waals surface area contributed by atoms with Crippen molar-refractivity contribution in [1.82, 2.24) is 0 Å². The van der Waals surface area contributed by atoms with E-state index in [1.807, 2.05) is 6.92 Å². The summed E-state index contributed by atoms with van der Waals surface area (Å²) in [6.07, 6.45) is 2.51. The van der Waals surface area contributed by atoms with Gasteiger partial charge >= 0.3 is 5.97 Å². The van der Waals surface area contributed by atoms with Gasteiger partial charge in [0.1, 0.15) is 17.5 Å². The zero-order chi connectivity index (χ0) is 18.1. The van der Waals surface area contributed by atoms with Crippen LogP contribution in [0.15, 0.2) is 23.2 Å². The highest BCUT2D eigenvalue weighted by molar-refractivity contribution is 6.36. The molecule has 0 fully saturated rings. The Labute approximate surface area is 147 Å². The van der Waals surface area contributed by atoms with Gasteiger partial charge in [-0.1, -0.05) is 38.4 Å². The van der Waals surface area contributed by atoms with E-state index in [-0.39, 0.29) is 35.0 Å². The average molecular weight is 352 g/mol. The molecule has 0 aliphatic rings. The first-order valence-corrected chi connectivity index (χ1v) is 8.39. The first-order valence-electron chi connectivity index (χ1n) is 8.01. The molecule has 0 N–H and O–H groups in total. The molecule has 0 aliphatic carbocycles. The van der Waals surface area contributed by atoms with Crippen LogP contribution in [0.1, 0.15) is 50.4 Å². The third kappa shape index (κ3) is 5.27. The van der Waals surface area contributed by atoms with Crippen molar-refractivity contribution in [2.45, 2.75) is 40.0 Å². The number of aliphatic imine (C=N–C) groups is 1. The monoisotopic (exact) mass is 351 g/mol. The summed E-state index contributed by atoms with van der Waals surface area (Å²) in [6, 6.07) is 4.78. The Balaban J connectivity index is 3.07. The van der Waals surface area contributed by atoms with Gasteiger partial charge < -0.3 is 4.74 Å². The Morgan fingerprint density at radius 3 is 2.33 bits per heavy atom. The van der Waals surface area contributed by atoms with Gasteiger partial charge in [-0.2, -0.15) is 0 Å². The van der Waals surface area contributed by atoms with Crippen molar-refractivity contribution in [2.75, 3.05) is 6.61 Å². The lowest BCUT2D eigenvalue weighted by Crippen LogP contribution is -2.24. The molecule has 0 aliphatic heterocycles. The second kappa shape index (κ2) is 9.98. The number of Topliss-reactive ketones (excluding diaryl/α,β-unsaturated/α-hetero) is 2. The number of halogens is 1. The van der Waals surface area contributed by atoms with Crippen LogP contribution < -0.4 is 0 Å². The summed E-state index contributed by atoms with van der Waals surface area (Å²) >= 11 is 6.21. The normalized spacial score (nSPS) is 11.0. The number of carbonyl (C=O) groups excluding carboxylic acids is 3. The van der Waals surface area contributed by atoms with E-state index in [4.69, 9.17) is 16.3 Å². The number of ketones is 2. The zero-order valence-electron chi connectivity index (χ0n) is 14.2. The Bertz CT molecular complexity index is 624. The maximum Gasteiger partial charge on any atom is 0.339 e. The molecule has 1 aromatic rings. The van der Waals surface area contributed by atoms with Crippen molar-refractivity contribution >= 4 is 41.0 Å².